The number of aromatic amines is 1. The number of carbonyl (C=O) groups is 2. The second kappa shape index (κ2) is 10.1. The van der Waals surface area contributed by atoms with E-state index in [1.165, 1.54) is 18.3 Å². The summed E-state index contributed by atoms with van der Waals surface area (Å²) in [5.74, 6) is -1.28. The number of carbonyl (C=O) groups excluding carboxylic acids is 2. The van der Waals surface area contributed by atoms with Gasteiger partial charge >= 0.3 is 0 Å². The molecule has 2 amide bonds. The normalized spacial score (nSPS) is 15.3. The standard InChI is InChI=1S/C25H24ClFN6O3/c26-16-4-6-20(29-14-16)25(36)33-10-8-32(9-11-33)24(35)18-12-15(3-5-19(18)27)13-21-22-17(2-1-7-28-22)23(34)31-30-21/h3-6,12,14,28H,1-2,7-11,13H2,(H,31,34). The Balaban J connectivity index is 1.28. The number of aromatic nitrogens is 3. The Labute approximate surface area is 211 Å². The Morgan fingerprint density at radius 2 is 1.81 bits per heavy atom. The average molecular weight is 511 g/mol. The highest BCUT2D eigenvalue weighted by molar-refractivity contribution is 6.30. The highest BCUT2D eigenvalue weighted by atomic mass is 35.5. The van der Waals surface area contributed by atoms with Crippen LogP contribution in [0.4, 0.5) is 10.1 Å². The molecule has 0 unspecified atom stereocenters. The molecule has 9 nitrogen and oxygen atoms in total. The smallest absolute Gasteiger partial charge is 0.272 e. The van der Waals surface area contributed by atoms with Crippen molar-refractivity contribution in [3.63, 3.8) is 0 Å². The average Bonchev–Trinajstić information content (AvgIpc) is 2.91. The summed E-state index contributed by atoms with van der Waals surface area (Å²) in [7, 11) is 0. The van der Waals surface area contributed by atoms with Crippen molar-refractivity contribution in [2.75, 3.05) is 38.0 Å². The number of pyridine rings is 1. The van der Waals surface area contributed by atoms with Gasteiger partial charge in [0.1, 0.15) is 11.5 Å². The summed E-state index contributed by atoms with van der Waals surface area (Å²) in [4.78, 5) is 45.2. The molecule has 2 aromatic heterocycles. The molecule has 2 aliphatic rings. The minimum absolute atomic E-state index is 0.0297. The number of H-pyrrole nitrogens is 1. The summed E-state index contributed by atoms with van der Waals surface area (Å²) in [6.07, 6.45) is 3.29. The highest BCUT2D eigenvalue weighted by Crippen LogP contribution is 2.24. The first-order valence-corrected chi connectivity index (χ1v) is 12.1. The van der Waals surface area contributed by atoms with Gasteiger partial charge in [-0.25, -0.2) is 14.5 Å². The lowest BCUT2D eigenvalue weighted by Gasteiger charge is -2.34. The maximum Gasteiger partial charge on any atom is 0.272 e. The summed E-state index contributed by atoms with van der Waals surface area (Å²) in [6.45, 7) is 1.94. The van der Waals surface area contributed by atoms with Crippen LogP contribution in [-0.4, -0.2) is 69.5 Å². The molecule has 3 aromatic rings. The SMILES string of the molecule is O=C(c1ccc(Cl)cn1)N1CCN(C(=O)c2cc(Cc3n[nH]c(=O)c4c3NCCC4)ccc2F)CC1. The molecular weight excluding hydrogens is 487 g/mol. The number of anilines is 1. The van der Waals surface area contributed by atoms with E-state index < -0.39 is 11.7 Å². The van der Waals surface area contributed by atoms with Crippen molar-refractivity contribution in [2.45, 2.75) is 19.3 Å². The number of hydrogen-bond donors (Lipinski definition) is 2. The van der Waals surface area contributed by atoms with Gasteiger partial charge in [0.05, 0.1) is 22.0 Å². The van der Waals surface area contributed by atoms with Crippen LogP contribution in [0.3, 0.4) is 0 Å². The van der Waals surface area contributed by atoms with Crippen molar-refractivity contribution in [1.82, 2.24) is 25.0 Å². The lowest BCUT2D eigenvalue weighted by Crippen LogP contribution is -2.50. The van der Waals surface area contributed by atoms with Crippen molar-refractivity contribution < 1.29 is 14.0 Å². The molecule has 2 aliphatic heterocycles. The molecule has 11 heteroatoms. The van der Waals surface area contributed by atoms with Crippen molar-refractivity contribution in [3.05, 3.63) is 85.8 Å². The Kier molecular flexibility index (Phi) is 6.69. The minimum atomic E-state index is -0.609. The van der Waals surface area contributed by atoms with E-state index in [4.69, 9.17) is 11.6 Å². The molecule has 36 heavy (non-hydrogen) atoms. The zero-order valence-corrected chi connectivity index (χ0v) is 20.1. The molecule has 1 saturated heterocycles. The number of nitrogens with zero attached hydrogens (tertiary/aromatic N) is 4. The van der Waals surface area contributed by atoms with Crippen LogP contribution in [0, 0.1) is 5.82 Å². The van der Waals surface area contributed by atoms with E-state index in [0.29, 0.717) is 47.8 Å². The molecule has 0 atom stereocenters. The quantitative estimate of drug-likeness (QED) is 0.558. The van der Waals surface area contributed by atoms with Crippen LogP contribution in [-0.2, 0) is 12.8 Å². The fourth-order valence-electron chi connectivity index (χ4n) is 4.57. The molecule has 1 aromatic carbocycles. The second-order valence-electron chi connectivity index (χ2n) is 8.82. The van der Waals surface area contributed by atoms with Crippen LogP contribution in [0.25, 0.3) is 0 Å². The van der Waals surface area contributed by atoms with Crippen LogP contribution in [0.15, 0.2) is 41.3 Å². The molecule has 0 spiro atoms. The van der Waals surface area contributed by atoms with Gasteiger partial charge < -0.3 is 15.1 Å². The van der Waals surface area contributed by atoms with Gasteiger partial charge in [-0.3, -0.25) is 14.4 Å². The summed E-state index contributed by atoms with van der Waals surface area (Å²) in [5.41, 5.74) is 2.79. The van der Waals surface area contributed by atoms with Crippen LogP contribution in [0.2, 0.25) is 5.02 Å². The number of nitrogens with one attached hydrogen (secondary N) is 2. The van der Waals surface area contributed by atoms with E-state index in [2.05, 4.69) is 20.5 Å². The van der Waals surface area contributed by atoms with E-state index >= 15 is 0 Å². The predicted molar refractivity (Wildman–Crippen MR) is 132 cm³/mol. The third kappa shape index (κ3) is 4.81. The Morgan fingerprint density at radius 3 is 2.53 bits per heavy atom. The number of piperazine rings is 1. The maximum atomic E-state index is 14.7. The van der Waals surface area contributed by atoms with E-state index in [-0.39, 0.29) is 35.8 Å². The molecule has 0 aliphatic carbocycles. The summed E-state index contributed by atoms with van der Waals surface area (Å²) in [5, 5.41) is 10.4. The monoisotopic (exact) mass is 510 g/mol. The summed E-state index contributed by atoms with van der Waals surface area (Å²) in [6, 6.07) is 7.59. The largest absolute Gasteiger partial charge is 0.383 e. The molecular formula is C25H24ClFN6O3. The third-order valence-corrected chi connectivity index (χ3v) is 6.72. The fourth-order valence-corrected chi connectivity index (χ4v) is 4.68. The lowest BCUT2D eigenvalue weighted by atomic mass is 9.99. The maximum absolute atomic E-state index is 14.7. The van der Waals surface area contributed by atoms with Gasteiger partial charge in [0.25, 0.3) is 17.4 Å². The van der Waals surface area contributed by atoms with Gasteiger partial charge in [-0.05, 0) is 42.7 Å². The first-order valence-electron chi connectivity index (χ1n) is 11.7. The molecule has 2 N–H and O–H groups in total. The van der Waals surface area contributed by atoms with Gasteiger partial charge in [0.15, 0.2) is 0 Å². The summed E-state index contributed by atoms with van der Waals surface area (Å²) >= 11 is 5.84. The number of rotatable bonds is 4. The molecule has 0 radical (unpaired) electrons. The van der Waals surface area contributed by atoms with Crippen LogP contribution in [0.1, 0.15) is 44.1 Å². The zero-order chi connectivity index (χ0) is 25.2. The molecule has 0 bridgehead atoms. The predicted octanol–water partition coefficient (Wildman–Crippen LogP) is 2.50. The Morgan fingerprint density at radius 1 is 1.06 bits per heavy atom. The Bertz CT molecular complexity index is 1370. The van der Waals surface area contributed by atoms with Crippen molar-refractivity contribution >= 4 is 29.1 Å². The molecule has 5 rings (SSSR count). The van der Waals surface area contributed by atoms with Crippen LogP contribution < -0.4 is 10.9 Å². The molecule has 4 heterocycles. The van der Waals surface area contributed by atoms with Gasteiger partial charge in [-0.2, -0.15) is 5.10 Å². The first-order chi connectivity index (χ1) is 17.4. The van der Waals surface area contributed by atoms with Crippen molar-refractivity contribution in [1.29, 1.82) is 0 Å². The molecule has 0 saturated carbocycles. The van der Waals surface area contributed by atoms with Crippen molar-refractivity contribution in [3.8, 4) is 0 Å². The number of hydrogen-bond acceptors (Lipinski definition) is 6. The van der Waals surface area contributed by atoms with E-state index in [1.54, 1.807) is 28.0 Å². The van der Waals surface area contributed by atoms with Crippen LogP contribution >= 0.6 is 11.6 Å². The number of fused-ring (bicyclic) bond motifs is 1. The first kappa shape index (κ1) is 23.9. The minimum Gasteiger partial charge on any atom is -0.383 e. The fraction of sp³-hybridized carbons (Fsp3) is 0.320. The zero-order valence-electron chi connectivity index (χ0n) is 19.4. The van der Waals surface area contributed by atoms with E-state index in [9.17, 15) is 18.8 Å². The van der Waals surface area contributed by atoms with E-state index in [0.717, 1.165) is 18.7 Å². The number of benzene rings is 1. The second-order valence-corrected chi connectivity index (χ2v) is 9.26. The van der Waals surface area contributed by atoms with Crippen LogP contribution in [0.5, 0.6) is 0 Å². The third-order valence-electron chi connectivity index (χ3n) is 6.50. The lowest BCUT2D eigenvalue weighted by molar-refractivity contribution is 0.0529. The van der Waals surface area contributed by atoms with Gasteiger partial charge in [-0.15, -0.1) is 0 Å². The molecule has 186 valence electrons. The van der Waals surface area contributed by atoms with Crippen molar-refractivity contribution in [2.24, 2.45) is 0 Å². The highest BCUT2D eigenvalue weighted by Gasteiger charge is 2.28. The van der Waals surface area contributed by atoms with Gasteiger partial charge in [0, 0.05) is 50.9 Å². The van der Waals surface area contributed by atoms with E-state index in [1.807, 2.05) is 0 Å². The van der Waals surface area contributed by atoms with Gasteiger partial charge in [-0.1, -0.05) is 17.7 Å². The Hall–Kier alpha value is -3.79. The topological polar surface area (TPSA) is 111 Å². The summed E-state index contributed by atoms with van der Waals surface area (Å²) < 4.78 is 14.7. The van der Waals surface area contributed by atoms with Gasteiger partial charge in [0.2, 0.25) is 0 Å². The number of halogens is 2. The molecule has 1 fully saturated rings. The number of amides is 2.